The maximum absolute atomic E-state index is 13.1. The fourth-order valence-electron chi connectivity index (χ4n) is 3.21. The molecule has 2 aromatic carbocycles. The maximum Gasteiger partial charge on any atom is 0.315 e. The van der Waals surface area contributed by atoms with E-state index in [0.29, 0.717) is 25.1 Å². The number of benzene rings is 2. The van der Waals surface area contributed by atoms with Crippen LogP contribution < -0.4 is 4.74 Å². The molecule has 0 aromatic heterocycles. The summed E-state index contributed by atoms with van der Waals surface area (Å²) in [5.74, 6) is -0.970. The fraction of sp³-hybridized carbons (Fsp3) is 0.350. The molecule has 5 nitrogen and oxygen atoms in total. The summed E-state index contributed by atoms with van der Waals surface area (Å²) in [5, 5.41) is 0. The van der Waals surface area contributed by atoms with E-state index in [1.165, 1.54) is 16.4 Å². The highest BCUT2D eigenvalue weighted by atomic mass is 32.2. The number of hydrogen-bond acceptors (Lipinski definition) is 4. The summed E-state index contributed by atoms with van der Waals surface area (Å²) in [7, 11) is -3.77. The van der Waals surface area contributed by atoms with Crippen LogP contribution in [0.15, 0.2) is 47.4 Å². The first-order valence-corrected chi connectivity index (χ1v) is 10.3. The van der Waals surface area contributed by atoms with Gasteiger partial charge in [0, 0.05) is 13.1 Å². The standard InChI is InChI=1S/C20H22FNO4S/c1-14-5-10-19(15(2)12-14)26-20(23)16-4-3-11-22(13-16)27(24,25)18-8-6-17(21)7-9-18/h5-10,12,16H,3-4,11,13H2,1-2H3. The first-order chi connectivity index (χ1) is 12.8. The van der Waals surface area contributed by atoms with Crippen LogP contribution in [0.3, 0.4) is 0 Å². The van der Waals surface area contributed by atoms with Gasteiger partial charge in [0.05, 0.1) is 10.8 Å². The molecule has 1 unspecified atom stereocenters. The molecule has 1 heterocycles. The summed E-state index contributed by atoms with van der Waals surface area (Å²) in [6, 6.07) is 10.2. The van der Waals surface area contributed by atoms with E-state index in [2.05, 4.69) is 0 Å². The average Bonchev–Trinajstić information content (AvgIpc) is 2.64. The molecular weight excluding hydrogens is 369 g/mol. The third-order valence-corrected chi connectivity index (χ3v) is 6.59. The number of sulfonamides is 1. The zero-order chi connectivity index (χ0) is 19.6. The Morgan fingerprint density at radius 3 is 2.52 bits per heavy atom. The number of ether oxygens (including phenoxy) is 1. The SMILES string of the molecule is Cc1ccc(OC(=O)C2CCCN(S(=O)(=O)c3ccc(F)cc3)C2)c(C)c1. The summed E-state index contributed by atoms with van der Waals surface area (Å²) >= 11 is 0. The van der Waals surface area contributed by atoms with Gasteiger partial charge >= 0.3 is 5.97 Å². The summed E-state index contributed by atoms with van der Waals surface area (Å²) < 4.78 is 45.4. The van der Waals surface area contributed by atoms with E-state index >= 15 is 0 Å². The van der Waals surface area contributed by atoms with Gasteiger partial charge in [0.15, 0.2) is 0 Å². The molecule has 1 saturated heterocycles. The van der Waals surface area contributed by atoms with Gasteiger partial charge in [-0.3, -0.25) is 4.79 Å². The number of carbonyl (C=O) groups excluding carboxylic acids is 1. The lowest BCUT2D eigenvalue weighted by Crippen LogP contribution is -2.43. The van der Waals surface area contributed by atoms with Crippen LogP contribution in [0.25, 0.3) is 0 Å². The van der Waals surface area contributed by atoms with Crippen molar-refractivity contribution < 1.29 is 22.3 Å². The molecule has 144 valence electrons. The van der Waals surface area contributed by atoms with Crippen molar-refractivity contribution in [2.75, 3.05) is 13.1 Å². The third kappa shape index (κ3) is 4.36. The Kier molecular flexibility index (Phi) is 5.62. The Labute approximate surface area is 158 Å². The number of aryl methyl sites for hydroxylation is 2. The molecule has 0 saturated carbocycles. The second-order valence-electron chi connectivity index (χ2n) is 6.85. The fourth-order valence-corrected chi connectivity index (χ4v) is 4.74. The first-order valence-electron chi connectivity index (χ1n) is 8.82. The van der Waals surface area contributed by atoms with Crippen LogP contribution in [0.1, 0.15) is 24.0 Å². The molecule has 1 aliphatic heterocycles. The highest BCUT2D eigenvalue weighted by Crippen LogP contribution is 2.26. The molecule has 0 radical (unpaired) electrons. The van der Waals surface area contributed by atoms with Gasteiger partial charge in [-0.25, -0.2) is 12.8 Å². The molecule has 27 heavy (non-hydrogen) atoms. The van der Waals surface area contributed by atoms with Crippen molar-refractivity contribution in [2.45, 2.75) is 31.6 Å². The van der Waals surface area contributed by atoms with Crippen LogP contribution in [0, 0.1) is 25.6 Å². The van der Waals surface area contributed by atoms with E-state index in [4.69, 9.17) is 4.74 Å². The molecule has 0 bridgehead atoms. The van der Waals surface area contributed by atoms with Crippen molar-refractivity contribution in [2.24, 2.45) is 5.92 Å². The predicted molar refractivity (Wildman–Crippen MR) is 99.4 cm³/mol. The van der Waals surface area contributed by atoms with E-state index in [-0.39, 0.29) is 11.4 Å². The van der Waals surface area contributed by atoms with Crippen molar-refractivity contribution in [3.05, 3.63) is 59.4 Å². The van der Waals surface area contributed by atoms with Crippen LogP contribution in [0.5, 0.6) is 5.75 Å². The van der Waals surface area contributed by atoms with Crippen LogP contribution in [0.2, 0.25) is 0 Å². The Morgan fingerprint density at radius 1 is 1.15 bits per heavy atom. The molecule has 0 spiro atoms. The number of hydrogen-bond donors (Lipinski definition) is 0. The molecule has 0 amide bonds. The summed E-state index contributed by atoms with van der Waals surface area (Å²) in [5.41, 5.74) is 1.93. The summed E-state index contributed by atoms with van der Waals surface area (Å²) in [6.07, 6.45) is 1.13. The van der Waals surface area contributed by atoms with Gasteiger partial charge in [0.1, 0.15) is 11.6 Å². The van der Waals surface area contributed by atoms with Crippen LogP contribution in [-0.2, 0) is 14.8 Å². The normalized spacial score (nSPS) is 18.3. The molecule has 7 heteroatoms. The Bertz CT molecular complexity index is 941. The van der Waals surface area contributed by atoms with Gasteiger partial charge in [0.2, 0.25) is 10.0 Å². The number of halogens is 1. The quantitative estimate of drug-likeness (QED) is 0.592. The van der Waals surface area contributed by atoms with Crippen LogP contribution in [-0.4, -0.2) is 31.8 Å². The lowest BCUT2D eigenvalue weighted by Gasteiger charge is -2.30. The summed E-state index contributed by atoms with van der Waals surface area (Å²) in [4.78, 5) is 12.6. The van der Waals surface area contributed by atoms with E-state index in [9.17, 15) is 17.6 Å². The highest BCUT2D eigenvalue weighted by Gasteiger charge is 2.34. The van der Waals surface area contributed by atoms with Crippen molar-refractivity contribution in [1.29, 1.82) is 0 Å². The van der Waals surface area contributed by atoms with Crippen LogP contribution in [0.4, 0.5) is 4.39 Å². The average molecular weight is 391 g/mol. The van der Waals surface area contributed by atoms with Crippen LogP contribution >= 0.6 is 0 Å². The maximum atomic E-state index is 13.1. The largest absolute Gasteiger partial charge is 0.426 e. The zero-order valence-corrected chi connectivity index (χ0v) is 16.1. The van der Waals surface area contributed by atoms with Gasteiger partial charge < -0.3 is 4.74 Å². The third-order valence-electron chi connectivity index (χ3n) is 4.71. The zero-order valence-electron chi connectivity index (χ0n) is 15.3. The molecular formula is C20H22FNO4S. The Hall–Kier alpha value is -2.25. The van der Waals surface area contributed by atoms with Crippen molar-refractivity contribution in [1.82, 2.24) is 4.31 Å². The molecule has 3 rings (SSSR count). The lowest BCUT2D eigenvalue weighted by atomic mass is 10.00. The number of nitrogens with zero attached hydrogens (tertiary/aromatic N) is 1. The molecule has 1 fully saturated rings. The predicted octanol–water partition coefficient (Wildman–Crippen LogP) is 3.45. The lowest BCUT2D eigenvalue weighted by molar-refractivity contribution is -0.140. The molecule has 1 atom stereocenters. The number of esters is 1. The Morgan fingerprint density at radius 2 is 1.85 bits per heavy atom. The van der Waals surface area contributed by atoms with E-state index in [1.807, 2.05) is 26.0 Å². The molecule has 1 aliphatic rings. The summed E-state index contributed by atoms with van der Waals surface area (Å²) in [6.45, 7) is 4.20. The minimum atomic E-state index is -3.77. The second-order valence-corrected chi connectivity index (χ2v) is 8.78. The number of rotatable bonds is 4. The molecule has 0 N–H and O–H groups in total. The second kappa shape index (κ2) is 7.78. The Balaban J connectivity index is 1.73. The van der Waals surface area contributed by atoms with E-state index < -0.39 is 27.7 Å². The van der Waals surface area contributed by atoms with Gasteiger partial charge in [-0.05, 0) is 62.6 Å². The minimum Gasteiger partial charge on any atom is -0.426 e. The number of carbonyl (C=O) groups is 1. The van der Waals surface area contributed by atoms with Crippen molar-refractivity contribution in [3.63, 3.8) is 0 Å². The molecule has 2 aromatic rings. The minimum absolute atomic E-state index is 0.0206. The van der Waals surface area contributed by atoms with Gasteiger partial charge in [-0.1, -0.05) is 17.7 Å². The highest BCUT2D eigenvalue weighted by molar-refractivity contribution is 7.89. The van der Waals surface area contributed by atoms with Gasteiger partial charge in [-0.15, -0.1) is 0 Å². The first kappa shape index (κ1) is 19.5. The van der Waals surface area contributed by atoms with Crippen molar-refractivity contribution >= 4 is 16.0 Å². The topological polar surface area (TPSA) is 63.7 Å². The smallest absolute Gasteiger partial charge is 0.315 e. The van der Waals surface area contributed by atoms with Gasteiger partial charge in [0.25, 0.3) is 0 Å². The van der Waals surface area contributed by atoms with Gasteiger partial charge in [-0.2, -0.15) is 4.31 Å². The molecule has 0 aliphatic carbocycles. The van der Waals surface area contributed by atoms with E-state index in [0.717, 1.165) is 23.3 Å². The number of piperidine rings is 1. The monoisotopic (exact) mass is 391 g/mol. The van der Waals surface area contributed by atoms with Crippen molar-refractivity contribution in [3.8, 4) is 5.75 Å². The van der Waals surface area contributed by atoms with E-state index in [1.54, 1.807) is 6.07 Å².